The molecular weight excluding hydrogens is 246 g/mol. The average Bonchev–Trinajstić information content (AvgIpc) is 2.87. The summed E-state index contributed by atoms with van der Waals surface area (Å²) >= 11 is 0. The summed E-state index contributed by atoms with van der Waals surface area (Å²) in [4.78, 5) is 4.97. The van der Waals surface area contributed by atoms with Gasteiger partial charge < -0.3 is 10.6 Å². The molecule has 20 heavy (non-hydrogen) atoms. The van der Waals surface area contributed by atoms with E-state index in [2.05, 4.69) is 42.0 Å². The molecule has 110 valence electrons. The van der Waals surface area contributed by atoms with E-state index in [1.807, 2.05) is 0 Å². The standard InChI is InChI=1S/C17H27N3/c1-3-20-9-4-5-15(12-18)17(20)14-6-7-16-13(11-14)8-10-19(16)2/h6-7,11,15,17H,3-5,8-10,12,18H2,1-2H3. The number of hydrogen-bond donors (Lipinski definition) is 1. The molecule has 1 fully saturated rings. The van der Waals surface area contributed by atoms with Gasteiger partial charge in [-0.15, -0.1) is 0 Å². The first-order valence-corrected chi connectivity index (χ1v) is 8.02. The Morgan fingerprint density at radius 1 is 1.30 bits per heavy atom. The van der Waals surface area contributed by atoms with E-state index in [4.69, 9.17) is 5.73 Å². The van der Waals surface area contributed by atoms with Crippen LogP contribution in [0, 0.1) is 5.92 Å². The van der Waals surface area contributed by atoms with Crippen molar-refractivity contribution >= 4 is 5.69 Å². The molecule has 0 aromatic heterocycles. The molecule has 0 saturated carbocycles. The number of nitrogens with two attached hydrogens (primary N) is 1. The van der Waals surface area contributed by atoms with Gasteiger partial charge in [0.2, 0.25) is 0 Å². The first-order chi connectivity index (χ1) is 9.74. The van der Waals surface area contributed by atoms with Crippen LogP contribution in [0.1, 0.15) is 36.9 Å². The van der Waals surface area contributed by atoms with Crippen molar-refractivity contribution in [1.82, 2.24) is 4.90 Å². The number of anilines is 1. The molecule has 0 aliphatic carbocycles. The number of likely N-dealkylation sites (N-methyl/N-ethyl adjacent to an activating group) is 1. The molecular formula is C17H27N3. The molecule has 2 heterocycles. The minimum Gasteiger partial charge on any atom is -0.374 e. The van der Waals surface area contributed by atoms with Gasteiger partial charge in [-0.2, -0.15) is 0 Å². The summed E-state index contributed by atoms with van der Waals surface area (Å²) in [7, 11) is 2.19. The van der Waals surface area contributed by atoms with Crippen LogP contribution in [0.3, 0.4) is 0 Å². The zero-order chi connectivity index (χ0) is 14.1. The highest BCUT2D eigenvalue weighted by molar-refractivity contribution is 5.58. The van der Waals surface area contributed by atoms with Crippen LogP contribution >= 0.6 is 0 Å². The molecule has 2 aliphatic rings. The summed E-state index contributed by atoms with van der Waals surface area (Å²) in [5, 5.41) is 0. The van der Waals surface area contributed by atoms with Gasteiger partial charge in [0.15, 0.2) is 0 Å². The fraction of sp³-hybridized carbons (Fsp3) is 0.647. The molecule has 1 aromatic carbocycles. The maximum Gasteiger partial charge on any atom is 0.0397 e. The molecule has 0 radical (unpaired) electrons. The highest BCUT2D eigenvalue weighted by atomic mass is 15.2. The Balaban J connectivity index is 1.93. The summed E-state index contributed by atoms with van der Waals surface area (Å²) in [5.41, 5.74) is 10.5. The average molecular weight is 273 g/mol. The SMILES string of the molecule is CCN1CCCC(CN)C1c1ccc2c(c1)CCN2C. The quantitative estimate of drug-likeness (QED) is 0.918. The molecule has 3 rings (SSSR count). The van der Waals surface area contributed by atoms with E-state index in [9.17, 15) is 0 Å². The summed E-state index contributed by atoms with van der Waals surface area (Å²) in [6.45, 7) is 6.57. The monoisotopic (exact) mass is 273 g/mol. The second-order valence-electron chi connectivity index (χ2n) is 6.27. The Labute approximate surface area is 122 Å². The lowest BCUT2D eigenvalue weighted by atomic mass is 9.84. The normalized spacial score (nSPS) is 26.9. The third-order valence-corrected chi connectivity index (χ3v) is 5.14. The van der Waals surface area contributed by atoms with Gasteiger partial charge in [-0.05, 0) is 62.0 Å². The number of hydrogen-bond acceptors (Lipinski definition) is 3. The van der Waals surface area contributed by atoms with E-state index >= 15 is 0 Å². The Hall–Kier alpha value is -1.06. The van der Waals surface area contributed by atoms with Crippen molar-refractivity contribution in [3.63, 3.8) is 0 Å². The van der Waals surface area contributed by atoms with Crippen LogP contribution in [0.4, 0.5) is 5.69 Å². The van der Waals surface area contributed by atoms with E-state index in [-0.39, 0.29) is 0 Å². The summed E-state index contributed by atoms with van der Waals surface area (Å²) in [6.07, 6.45) is 3.75. The van der Waals surface area contributed by atoms with Crippen LogP contribution in [-0.2, 0) is 6.42 Å². The minimum absolute atomic E-state index is 0.523. The second-order valence-corrected chi connectivity index (χ2v) is 6.27. The molecule has 0 spiro atoms. The number of nitrogens with zero attached hydrogens (tertiary/aromatic N) is 2. The van der Waals surface area contributed by atoms with Crippen molar-refractivity contribution in [2.45, 2.75) is 32.2 Å². The molecule has 0 bridgehead atoms. The summed E-state index contributed by atoms with van der Waals surface area (Å²) < 4.78 is 0. The van der Waals surface area contributed by atoms with Gasteiger partial charge in [0.1, 0.15) is 0 Å². The van der Waals surface area contributed by atoms with Crippen molar-refractivity contribution in [1.29, 1.82) is 0 Å². The highest BCUT2D eigenvalue weighted by Crippen LogP contribution is 2.38. The van der Waals surface area contributed by atoms with Crippen LogP contribution in [-0.4, -0.2) is 38.1 Å². The van der Waals surface area contributed by atoms with Crippen LogP contribution in [0.2, 0.25) is 0 Å². The maximum absolute atomic E-state index is 6.05. The van der Waals surface area contributed by atoms with Gasteiger partial charge in [-0.1, -0.05) is 19.1 Å². The molecule has 2 unspecified atom stereocenters. The highest BCUT2D eigenvalue weighted by Gasteiger charge is 2.31. The second kappa shape index (κ2) is 5.74. The maximum atomic E-state index is 6.05. The van der Waals surface area contributed by atoms with Gasteiger partial charge >= 0.3 is 0 Å². The van der Waals surface area contributed by atoms with E-state index in [0.29, 0.717) is 12.0 Å². The number of fused-ring (bicyclic) bond motifs is 1. The zero-order valence-corrected chi connectivity index (χ0v) is 12.8. The van der Waals surface area contributed by atoms with Crippen LogP contribution in [0.5, 0.6) is 0 Å². The fourth-order valence-corrected chi connectivity index (χ4v) is 4.01. The van der Waals surface area contributed by atoms with Gasteiger partial charge in [0, 0.05) is 25.3 Å². The molecule has 2 aliphatic heterocycles. The van der Waals surface area contributed by atoms with E-state index < -0.39 is 0 Å². The molecule has 1 aromatic rings. The first kappa shape index (κ1) is 13.9. The third kappa shape index (κ3) is 2.33. The van der Waals surface area contributed by atoms with Gasteiger partial charge in [0.05, 0.1) is 0 Å². The van der Waals surface area contributed by atoms with Crippen LogP contribution in [0.15, 0.2) is 18.2 Å². The van der Waals surface area contributed by atoms with Crippen molar-refractivity contribution in [2.24, 2.45) is 11.7 Å². The Morgan fingerprint density at radius 3 is 2.90 bits per heavy atom. The van der Waals surface area contributed by atoms with Crippen molar-refractivity contribution < 1.29 is 0 Å². The van der Waals surface area contributed by atoms with Gasteiger partial charge in [-0.3, -0.25) is 4.90 Å². The molecule has 2 N–H and O–H groups in total. The number of likely N-dealkylation sites (tertiary alicyclic amines) is 1. The zero-order valence-electron chi connectivity index (χ0n) is 12.8. The van der Waals surface area contributed by atoms with Crippen LogP contribution < -0.4 is 10.6 Å². The van der Waals surface area contributed by atoms with E-state index in [1.54, 1.807) is 0 Å². The fourth-order valence-electron chi connectivity index (χ4n) is 4.01. The number of rotatable bonds is 3. The summed E-state index contributed by atoms with van der Waals surface area (Å²) in [6, 6.07) is 7.62. The largest absolute Gasteiger partial charge is 0.374 e. The van der Waals surface area contributed by atoms with Crippen molar-refractivity contribution in [3.8, 4) is 0 Å². The third-order valence-electron chi connectivity index (χ3n) is 5.14. The Bertz CT molecular complexity index is 459. The lowest BCUT2D eigenvalue weighted by Gasteiger charge is -2.41. The molecule has 0 amide bonds. The topological polar surface area (TPSA) is 32.5 Å². The summed E-state index contributed by atoms with van der Waals surface area (Å²) in [5.74, 6) is 0.612. The predicted octanol–water partition coefficient (Wildman–Crippen LogP) is 2.41. The number of piperidine rings is 1. The smallest absolute Gasteiger partial charge is 0.0397 e. The van der Waals surface area contributed by atoms with Crippen molar-refractivity contribution in [2.75, 3.05) is 38.1 Å². The van der Waals surface area contributed by atoms with Gasteiger partial charge in [0.25, 0.3) is 0 Å². The Morgan fingerprint density at radius 2 is 2.15 bits per heavy atom. The lowest BCUT2D eigenvalue weighted by Crippen LogP contribution is -2.41. The minimum atomic E-state index is 0.523. The molecule has 1 saturated heterocycles. The predicted molar refractivity (Wildman–Crippen MR) is 85.2 cm³/mol. The van der Waals surface area contributed by atoms with E-state index in [0.717, 1.165) is 19.6 Å². The Kier molecular flexibility index (Phi) is 3.99. The number of benzene rings is 1. The van der Waals surface area contributed by atoms with Crippen LogP contribution in [0.25, 0.3) is 0 Å². The lowest BCUT2D eigenvalue weighted by molar-refractivity contribution is 0.102. The first-order valence-electron chi connectivity index (χ1n) is 8.02. The molecule has 3 heteroatoms. The van der Waals surface area contributed by atoms with Crippen molar-refractivity contribution in [3.05, 3.63) is 29.3 Å². The van der Waals surface area contributed by atoms with Gasteiger partial charge in [-0.25, -0.2) is 0 Å². The molecule has 2 atom stereocenters. The van der Waals surface area contributed by atoms with E-state index in [1.165, 1.54) is 42.6 Å². The molecule has 3 nitrogen and oxygen atoms in total.